The minimum Gasteiger partial charge on any atom is -0.486 e. The number of rotatable bonds is 6. The molecule has 0 aliphatic heterocycles. The average Bonchev–Trinajstić information content (AvgIpc) is 2.73. The summed E-state index contributed by atoms with van der Waals surface area (Å²) in [5.74, 6) is 0.777. The van der Waals surface area contributed by atoms with Gasteiger partial charge in [-0.1, -0.05) is 6.92 Å². The number of nitrogens with one attached hydrogen (secondary N) is 1. The van der Waals surface area contributed by atoms with Crippen LogP contribution >= 0.6 is 0 Å². The Morgan fingerprint density at radius 3 is 2.79 bits per heavy atom. The minimum absolute atomic E-state index is 0.506. The summed E-state index contributed by atoms with van der Waals surface area (Å²) in [6.45, 7) is 6.29. The second kappa shape index (κ2) is 6.33. The van der Waals surface area contributed by atoms with Crippen LogP contribution in [0.15, 0.2) is 24.4 Å². The van der Waals surface area contributed by atoms with E-state index in [1.54, 1.807) is 6.20 Å². The second-order valence-corrected chi connectivity index (χ2v) is 4.45. The Hall–Kier alpha value is -1.88. The molecule has 0 saturated heterocycles. The van der Waals surface area contributed by atoms with E-state index in [0.717, 1.165) is 35.9 Å². The lowest BCUT2D eigenvalue weighted by Gasteiger charge is -2.07. The quantitative estimate of drug-likeness (QED) is 0.860. The Morgan fingerprint density at radius 2 is 2.21 bits per heavy atom. The van der Waals surface area contributed by atoms with E-state index in [1.807, 2.05) is 36.9 Å². The first-order chi connectivity index (χ1) is 9.19. The Labute approximate surface area is 113 Å². The van der Waals surface area contributed by atoms with Gasteiger partial charge in [-0.25, -0.2) is 0 Å². The molecule has 0 spiro atoms. The molecule has 1 N–H and O–H groups in total. The van der Waals surface area contributed by atoms with Crippen LogP contribution in [0.5, 0.6) is 5.75 Å². The highest BCUT2D eigenvalue weighted by Gasteiger charge is 2.03. The van der Waals surface area contributed by atoms with E-state index in [1.165, 1.54) is 0 Å². The van der Waals surface area contributed by atoms with Gasteiger partial charge in [-0.05, 0) is 31.7 Å². The monoisotopic (exact) mass is 260 g/mol. The van der Waals surface area contributed by atoms with Crippen molar-refractivity contribution in [3.8, 4) is 5.75 Å². The first-order valence-electron chi connectivity index (χ1n) is 6.47. The molecule has 2 rings (SSSR count). The normalized spacial score (nSPS) is 10.7. The van der Waals surface area contributed by atoms with Crippen molar-refractivity contribution in [3.05, 3.63) is 41.5 Å². The maximum absolute atomic E-state index is 5.70. The Balaban J connectivity index is 1.91. The van der Waals surface area contributed by atoms with Crippen molar-refractivity contribution in [2.24, 2.45) is 7.05 Å². The molecule has 0 fully saturated rings. The zero-order valence-corrected chi connectivity index (χ0v) is 11.7. The smallest absolute Gasteiger partial charge is 0.138 e. The summed E-state index contributed by atoms with van der Waals surface area (Å²) in [5, 5.41) is 7.52. The molecule has 0 amide bonds. The van der Waals surface area contributed by atoms with E-state index in [4.69, 9.17) is 4.74 Å². The van der Waals surface area contributed by atoms with Crippen molar-refractivity contribution in [2.75, 3.05) is 6.54 Å². The Kier molecular flexibility index (Phi) is 4.52. The predicted molar refractivity (Wildman–Crippen MR) is 73.9 cm³/mol. The number of hydrogen-bond acceptors (Lipinski definition) is 4. The Morgan fingerprint density at radius 1 is 1.37 bits per heavy atom. The van der Waals surface area contributed by atoms with Crippen molar-refractivity contribution in [1.29, 1.82) is 0 Å². The van der Waals surface area contributed by atoms with Crippen LogP contribution in [0.4, 0.5) is 0 Å². The molecule has 2 heterocycles. The van der Waals surface area contributed by atoms with Crippen LogP contribution in [0.25, 0.3) is 0 Å². The number of ether oxygens (including phenoxy) is 1. The van der Waals surface area contributed by atoms with E-state index in [0.29, 0.717) is 6.61 Å². The zero-order chi connectivity index (χ0) is 13.7. The lowest BCUT2D eigenvalue weighted by Crippen LogP contribution is -2.12. The maximum Gasteiger partial charge on any atom is 0.138 e. The van der Waals surface area contributed by atoms with Crippen molar-refractivity contribution >= 4 is 0 Å². The topological polar surface area (TPSA) is 52.0 Å². The third-order valence-corrected chi connectivity index (χ3v) is 2.84. The van der Waals surface area contributed by atoms with Crippen LogP contribution in [0.3, 0.4) is 0 Å². The SMILES string of the molecule is CCNCc1ccc(OCc2cc(C)nn2C)cn1. The molecule has 0 unspecified atom stereocenters. The first-order valence-corrected chi connectivity index (χ1v) is 6.47. The molecule has 0 aromatic carbocycles. The van der Waals surface area contributed by atoms with Gasteiger partial charge >= 0.3 is 0 Å². The molecule has 5 nitrogen and oxygen atoms in total. The van der Waals surface area contributed by atoms with Gasteiger partial charge in [0.05, 0.1) is 23.3 Å². The minimum atomic E-state index is 0.506. The molecule has 2 aromatic heterocycles. The van der Waals surface area contributed by atoms with Gasteiger partial charge in [-0.2, -0.15) is 5.10 Å². The number of aryl methyl sites for hydroxylation is 2. The van der Waals surface area contributed by atoms with Gasteiger partial charge in [0.25, 0.3) is 0 Å². The summed E-state index contributed by atoms with van der Waals surface area (Å²) in [6.07, 6.45) is 1.76. The second-order valence-electron chi connectivity index (χ2n) is 4.45. The van der Waals surface area contributed by atoms with Gasteiger partial charge in [0.2, 0.25) is 0 Å². The number of nitrogens with zero attached hydrogens (tertiary/aromatic N) is 3. The van der Waals surface area contributed by atoms with E-state index >= 15 is 0 Å². The van der Waals surface area contributed by atoms with Crippen molar-refractivity contribution in [3.63, 3.8) is 0 Å². The third-order valence-electron chi connectivity index (χ3n) is 2.84. The van der Waals surface area contributed by atoms with E-state index in [-0.39, 0.29) is 0 Å². The van der Waals surface area contributed by atoms with Crippen LogP contribution in [0.1, 0.15) is 24.0 Å². The highest BCUT2D eigenvalue weighted by Crippen LogP contribution is 2.12. The fraction of sp³-hybridized carbons (Fsp3) is 0.429. The molecule has 0 aliphatic rings. The molecule has 0 radical (unpaired) electrons. The molecule has 2 aromatic rings. The molecular weight excluding hydrogens is 240 g/mol. The molecule has 5 heteroatoms. The van der Waals surface area contributed by atoms with Crippen LogP contribution in [-0.2, 0) is 20.2 Å². The fourth-order valence-corrected chi connectivity index (χ4v) is 1.81. The summed E-state index contributed by atoms with van der Waals surface area (Å²) in [7, 11) is 1.92. The van der Waals surface area contributed by atoms with Gasteiger partial charge in [0.15, 0.2) is 0 Å². The molecule has 19 heavy (non-hydrogen) atoms. The third kappa shape index (κ3) is 3.79. The van der Waals surface area contributed by atoms with Gasteiger partial charge in [-0.3, -0.25) is 9.67 Å². The molecule has 0 bridgehead atoms. The molecule has 0 saturated carbocycles. The Bertz CT molecular complexity index is 519. The van der Waals surface area contributed by atoms with E-state index < -0.39 is 0 Å². The highest BCUT2D eigenvalue weighted by molar-refractivity contribution is 5.20. The summed E-state index contributed by atoms with van der Waals surface area (Å²) >= 11 is 0. The maximum atomic E-state index is 5.70. The number of aromatic nitrogens is 3. The van der Waals surface area contributed by atoms with Crippen LogP contribution in [0, 0.1) is 6.92 Å². The molecule has 102 valence electrons. The first kappa shape index (κ1) is 13.5. The molecular formula is C14H20N4O. The summed E-state index contributed by atoms with van der Waals surface area (Å²) in [6, 6.07) is 5.95. The van der Waals surface area contributed by atoms with E-state index in [9.17, 15) is 0 Å². The van der Waals surface area contributed by atoms with Crippen LogP contribution in [-0.4, -0.2) is 21.3 Å². The van der Waals surface area contributed by atoms with Crippen LogP contribution in [0.2, 0.25) is 0 Å². The average molecular weight is 260 g/mol. The van der Waals surface area contributed by atoms with Gasteiger partial charge < -0.3 is 10.1 Å². The van der Waals surface area contributed by atoms with Crippen molar-refractivity contribution in [2.45, 2.75) is 27.0 Å². The molecule has 0 atom stereocenters. The van der Waals surface area contributed by atoms with E-state index in [2.05, 4.69) is 22.3 Å². The van der Waals surface area contributed by atoms with Crippen molar-refractivity contribution in [1.82, 2.24) is 20.1 Å². The summed E-state index contributed by atoms with van der Waals surface area (Å²) < 4.78 is 7.54. The predicted octanol–water partition coefficient (Wildman–Crippen LogP) is 1.81. The largest absolute Gasteiger partial charge is 0.486 e. The van der Waals surface area contributed by atoms with Crippen molar-refractivity contribution < 1.29 is 4.74 Å². The van der Waals surface area contributed by atoms with Gasteiger partial charge in [-0.15, -0.1) is 0 Å². The fourth-order valence-electron chi connectivity index (χ4n) is 1.81. The summed E-state index contributed by atoms with van der Waals surface area (Å²) in [4.78, 5) is 4.35. The number of pyridine rings is 1. The van der Waals surface area contributed by atoms with Crippen LogP contribution < -0.4 is 10.1 Å². The number of hydrogen-bond donors (Lipinski definition) is 1. The lowest BCUT2D eigenvalue weighted by molar-refractivity contribution is 0.293. The highest BCUT2D eigenvalue weighted by atomic mass is 16.5. The van der Waals surface area contributed by atoms with Gasteiger partial charge in [0.1, 0.15) is 12.4 Å². The zero-order valence-electron chi connectivity index (χ0n) is 11.7. The summed E-state index contributed by atoms with van der Waals surface area (Å²) in [5.41, 5.74) is 3.07. The lowest BCUT2D eigenvalue weighted by atomic mass is 10.3. The van der Waals surface area contributed by atoms with Gasteiger partial charge in [0, 0.05) is 13.6 Å². The molecule has 0 aliphatic carbocycles. The standard InChI is InChI=1S/C14H20N4O/c1-4-15-8-12-5-6-14(9-16-12)19-10-13-7-11(2)17-18(13)3/h5-7,9,15H,4,8,10H2,1-3H3.